The largest absolute Gasteiger partial charge is 0.461 e. The van der Waals surface area contributed by atoms with Crippen molar-refractivity contribution in [2.24, 2.45) is 0 Å². The third-order valence-corrected chi connectivity index (χ3v) is 4.09. The molecule has 11 heteroatoms. The van der Waals surface area contributed by atoms with Crippen molar-refractivity contribution in [2.45, 2.75) is 6.92 Å². The lowest BCUT2D eigenvalue weighted by molar-refractivity contribution is 0.151. The highest BCUT2D eigenvalue weighted by molar-refractivity contribution is 6.30. The maximum absolute atomic E-state index is 12.3. The zero-order valence-electron chi connectivity index (χ0n) is 17.3. The average Bonchev–Trinajstić information content (AvgIpc) is 2.68. The number of aromatic nitrogens is 3. The minimum atomic E-state index is -0.511. The van der Waals surface area contributed by atoms with E-state index in [-0.39, 0.29) is 19.2 Å². The lowest BCUT2D eigenvalue weighted by Gasteiger charge is -2.19. The molecule has 1 heterocycles. The first-order valence-electron chi connectivity index (χ1n) is 8.74. The molecule has 0 N–H and O–H groups in total. The van der Waals surface area contributed by atoms with Crippen molar-refractivity contribution < 1.29 is 19.1 Å². The summed E-state index contributed by atoms with van der Waals surface area (Å²) in [5, 5.41) is 1.97. The summed E-state index contributed by atoms with van der Waals surface area (Å²) in [6.07, 6.45) is -0.511. The molecule has 0 aliphatic carbocycles. The molecular formula is C18H25ClN6O4. The van der Waals surface area contributed by atoms with E-state index < -0.39 is 6.09 Å². The van der Waals surface area contributed by atoms with Crippen molar-refractivity contribution in [3.05, 3.63) is 28.8 Å². The third-order valence-electron chi connectivity index (χ3n) is 3.85. The van der Waals surface area contributed by atoms with Gasteiger partial charge in [-0.15, -0.1) is 0 Å². The summed E-state index contributed by atoms with van der Waals surface area (Å²) < 4.78 is 11.0. The number of likely N-dealkylation sites (N-methyl/N-ethyl adjacent to an activating group) is 1. The minimum Gasteiger partial charge on any atom is -0.461 e. The van der Waals surface area contributed by atoms with Crippen LogP contribution in [-0.2, 0) is 4.84 Å². The summed E-state index contributed by atoms with van der Waals surface area (Å²) in [6.45, 7) is 2.25. The highest BCUT2D eigenvalue weighted by Crippen LogP contribution is 2.22. The van der Waals surface area contributed by atoms with Crippen molar-refractivity contribution in [3.8, 4) is 11.8 Å². The summed E-state index contributed by atoms with van der Waals surface area (Å²) in [5.74, 6) is 1.17. The normalized spacial score (nSPS) is 10.4. The van der Waals surface area contributed by atoms with Gasteiger partial charge in [0.1, 0.15) is 12.4 Å². The number of hydrogen-bond acceptors (Lipinski definition) is 9. The quantitative estimate of drug-likeness (QED) is 0.592. The smallest absolute Gasteiger partial charge is 0.415 e. The zero-order chi connectivity index (χ0) is 21.6. The lowest BCUT2D eigenvalue weighted by Crippen LogP contribution is -2.33. The first kappa shape index (κ1) is 22.4. The molecule has 29 heavy (non-hydrogen) atoms. The summed E-state index contributed by atoms with van der Waals surface area (Å²) >= 11 is 5.92. The molecule has 0 radical (unpaired) electrons. The number of ether oxygens (including phenoxy) is 2. The zero-order valence-corrected chi connectivity index (χ0v) is 18.1. The van der Waals surface area contributed by atoms with Gasteiger partial charge in [-0.05, 0) is 30.7 Å². The molecule has 0 spiro atoms. The van der Waals surface area contributed by atoms with Gasteiger partial charge in [0.2, 0.25) is 5.95 Å². The Kier molecular flexibility index (Phi) is 7.80. The molecule has 2 rings (SSSR count). The number of amides is 1. The molecule has 0 saturated carbocycles. The van der Waals surface area contributed by atoms with Gasteiger partial charge in [0.15, 0.2) is 0 Å². The molecule has 0 aliphatic heterocycles. The molecule has 0 aliphatic rings. The second-order valence-electron chi connectivity index (χ2n) is 6.34. The topological polar surface area (TPSA) is 93.2 Å². The number of carbonyl (C=O) groups excluding carboxylic acids is 1. The van der Waals surface area contributed by atoms with Crippen LogP contribution in [-0.4, -0.2) is 74.4 Å². The maximum Gasteiger partial charge on any atom is 0.415 e. The summed E-state index contributed by atoms with van der Waals surface area (Å²) in [4.78, 5) is 33.2. The Bertz CT molecular complexity index is 851. The molecular weight excluding hydrogens is 400 g/mol. The minimum absolute atomic E-state index is 0.123. The molecule has 1 aromatic carbocycles. The number of nitrogens with zero attached hydrogens (tertiary/aromatic N) is 6. The standard InChI is InChI=1S/C18H25ClN6O4/c1-12-11-13(19)7-8-14(12)29-18(26)24(4)9-10-28-17-21-15(23(2)3)20-16(22-17)25(5)27-6/h7-8,11H,9-10H2,1-6H3. The molecule has 0 atom stereocenters. The number of halogens is 1. The maximum atomic E-state index is 12.3. The van der Waals surface area contributed by atoms with Gasteiger partial charge < -0.3 is 19.3 Å². The van der Waals surface area contributed by atoms with Crippen LogP contribution in [0, 0.1) is 6.92 Å². The average molecular weight is 425 g/mol. The van der Waals surface area contributed by atoms with Gasteiger partial charge in [-0.2, -0.15) is 15.0 Å². The second kappa shape index (κ2) is 10.1. The van der Waals surface area contributed by atoms with Crippen LogP contribution < -0.4 is 19.4 Å². The second-order valence-corrected chi connectivity index (χ2v) is 6.78. The Morgan fingerprint density at radius 3 is 2.41 bits per heavy atom. The monoisotopic (exact) mass is 424 g/mol. The Balaban J connectivity index is 1.96. The van der Waals surface area contributed by atoms with Gasteiger partial charge in [0, 0.05) is 33.2 Å². The Hall–Kier alpha value is -2.85. The Morgan fingerprint density at radius 2 is 1.79 bits per heavy atom. The molecule has 1 amide bonds. The van der Waals surface area contributed by atoms with E-state index in [1.807, 2.05) is 6.92 Å². The summed E-state index contributed by atoms with van der Waals surface area (Å²) in [7, 11) is 8.39. The highest BCUT2D eigenvalue weighted by Gasteiger charge is 2.15. The Morgan fingerprint density at radius 1 is 1.10 bits per heavy atom. The molecule has 0 bridgehead atoms. The first-order valence-corrected chi connectivity index (χ1v) is 9.12. The van der Waals surface area contributed by atoms with Crippen LogP contribution in [0.25, 0.3) is 0 Å². The lowest BCUT2D eigenvalue weighted by atomic mass is 10.2. The predicted molar refractivity (Wildman–Crippen MR) is 110 cm³/mol. The van der Waals surface area contributed by atoms with Crippen molar-refractivity contribution in [3.63, 3.8) is 0 Å². The summed E-state index contributed by atoms with van der Waals surface area (Å²) in [5.41, 5.74) is 0.770. The number of hydroxylamine groups is 1. The van der Waals surface area contributed by atoms with Gasteiger partial charge in [-0.25, -0.2) is 9.86 Å². The van der Waals surface area contributed by atoms with Crippen LogP contribution >= 0.6 is 11.6 Å². The van der Waals surface area contributed by atoms with Crippen LogP contribution in [0.4, 0.5) is 16.7 Å². The number of carbonyl (C=O) groups is 1. The molecule has 0 saturated heterocycles. The van der Waals surface area contributed by atoms with Crippen molar-refractivity contribution in [1.82, 2.24) is 19.9 Å². The number of hydrogen-bond donors (Lipinski definition) is 0. The van der Waals surface area contributed by atoms with Gasteiger partial charge in [0.05, 0.1) is 13.7 Å². The van der Waals surface area contributed by atoms with Gasteiger partial charge in [-0.3, -0.25) is 4.84 Å². The van der Waals surface area contributed by atoms with E-state index in [2.05, 4.69) is 15.0 Å². The van der Waals surface area contributed by atoms with Crippen molar-refractivity contribution in [1.29, 1.82) is 0 Å². The van der Waals surface area contributed by atoms with E-state index in [1.165, 1.54) is 17.1 Å². The fourth-order valence-electron chi connectivity index (χ4n) is 2.09. The van der Waals surface area contributed by atoms with Gasteiger partial charge in [-0.1, -0.05) is 11.6 Å². The fourth-order valence-corrected chi connectivity index (χ4v) is 2.31. The summed E-state index contributed by atoms with van der Waals surface area (Å²) in [6, 6.07) is 5.17. The van der Waals surface area contributed by atoms with E-state index in [0.29, 0.717) is 22.7 Å². The highest BCUT2D eigenvalue weighted by atomic mass is 35.5. The van der Waals surface area contributed by atoms with Crippen LogP contribution in [0.3, 0.4) is 0 Å². The van der Waals surface area contributed by atoms with Gasteiger partial charge >= 0.3 is 12.1 Å². The molecule has 0 fully saturated rings. The van der Waals surface area contributed by atoms with Crippen molar-refractivity contribution >= 4 is 29.6 Å². The van der Waals surface area contributed by atoms with E-state index in [4.69, 9.17) is 25.9 Å². The van der Waals surface area contributed by atoms with Crippen LogP contribution in [0.15, 0.2) is 18.2 Å². The number of aryl methyl sites for hydroxylation is 1. The number of rotatable bonds is 8. The van der Waals surface area contributed by atoms with E-state index in [0.717, 1.165) is 5.56 Å². The molecule has 1 aromatic heterocycles. The van der Waals surface area contributed by atoms with Crippen LogP contribution in [0.1, 0.15) is 5.56 Å². The van der Waals surface area contributed by atoms with Crippen LogP contribution in [0.2, 0.25) is 5.02 Å². The predicted octanol–water partition coefficient (Wildman–Crippen LogP) is 2.41. The SMILES string of the molecule is CON(C)c1nc(OCCN(C)C(=O)Oc2ccc(Cl)cc2C)nc(N(C)C)n1. The molecule has 2 aromatic rings. The van der Waals surface area contributed by atoms with E-state index >= 15 is 0 Å². The third kappa shape index (κ3) is 6.33. The van der Waals surface area contributed by atoms with Crippen molar-refractivity contribution in [2.75, 3.05) is 58.4 Å². The fraction of sp³-hybridized carbons (Fsp3) is 0.444. The number of anilines is 2. The molecule has 10 nitrogen and oxygen atoms in total. The van der Waals surface area contributed by atoms with Crippen LogP contribution in [0.5, 0.6) is 11.8 Å². The Labute approximate surface area is 174 Å². The van der Waals surface area contributed by atoms with E-state index in [9.17, 15) is 4.79 Å². The molecule has 158 valence electrons. The van der Waals surface area contributed by atoms with Gasteiger partial charge in [0.25, 0.3) is 5.95 Å². The molecule has 0 unspecified atom stereocenters. The van der Waals surface area contributed by atoms with E-state index in [1.54, 1.807) is 51.3 Å². The first-order chi connectivity index (χ1) is 13.7. The number of benzene rings is 1.